The molecule has 0 unspecified atom stereocenters. The molecule has 2 heterocycles. The molecule has 0 saturated carbocycles. The molecule has 0 aromatic carbocycles. The quantitative estimate of drug-likeness (QED) is 0.853. The van der Waals surface area contributed by atoms with E-state index in [2.05, 4.69) is 15.1 Å². The Labute approximate surface area is 114 Å². The van der Waals surface area contributed by atoms with Crippen molar-refractivity contribution in [3.05, 3.63) is 12.4 Å². The zero-order valence-electron chi connectivity index (χ0n) is 11.5. The van der Waals surface area contributed by atoms with Crippen LogP contribution < -0.4 is 10.0 Å². The second kappa shape index (κ2) is 5.92. The van der Waals surface area contributed by atoms with E-state index in [0.717, 1.165) is 25.9 Å². The monoisotopic (exact) mass is 286 g/mol. The minimum atomic E-state index is -3.27. The highest BCUT2D eigenvalue weighted by Crippen LogP contribution is 2.20. The average molecular weight is 286 g/mol. The lowest BCUT2D eigenvalue weighted by Crippen LogP contribution is -2.29. The summed E-state index contributed by atoms with van der Waals surface area (Å²) in [6, 6.07) is 0.365. The lowest BCUT2D eigenvalue weighted by Gasteiger charge is -2.22. The van der Waals surface area contributed by atoms with E-state index in [1.54, 1.807) is 12.4 Å². The Morgan fingerprint density at radius 2 is 2.16 bits per heavy atom. The molecule has 6 nitrogen and oxygen atoms in total. The normalized spacial score (nSPS) is 17.8. The van der Waals surface area contributed by atoms with Crippen LogP contribution in [0.25, 0.3) is 0 Å². The fourth-order valence-corrected chi connectivity index (χ4v) is 3.75. The molecule has 19 heavy (non-hydrogen) atoms. The molecule has 1 aliphatic heterocycles. The maximum atomic E-state index is 11.8. The smallest absolute Gasteiger partial charge is 0.233 e. The Balaban J connectivity index is 2.00. The van der Waals surface area contributed by atoms with E-state index in [9.17, 15) is 8.42 Å². The van der Waals surface area contributed by atoms with Crippen molar-refractivity contribution in [2.75, 3.05) is 23.6 Å². The summed E-state index contributed by atoms with van der Waals surface area (Å²) in [5, 5.41) is 7.56. The van der Waals surface area contributed by atoms with Gasteiger partial charge in [0.25, 0.3) is 0 Å². The minimum absolute atomic E-state index is 0.108. The second-order valence-corrected chi connectivity index (χ2v) is 7.23. The summed E-state index contributed by atoms with van der Waals surface area (Å²) in [4.78, 5) is 0. The number of anilines is 1. The molecule has 0 radical (unpaired) electrons. The maximum absolute atomic E-state index is 11.8. The summed E-state index contributed by atoms with van der Waals surface area (Å²) in [5.41, 5.74) is 0.555. The van der Waals surface area contributed by atoms with Crippen molar-refractivity contribution in [2.24, 2.45) is 5.92 Å². The van der Waals surface area contributed by atoms with Crippen LogP contribution in [0.1, 0.15) is 32.7 Å². The zero-order valence-corrected chi connectivity index (χ0v) is 12.3. The summed E-state index contributed by atoms with van der Waals surface area (Å²) in [6.45, 7) is 5.74. The van der Waals surface area contributed by atoms with Gasteiger partial charge in [-0.15, -0.1) is 0 Å². The fourth-order valence-electron chi connectivity index (χ4n) is 2.32. The number of nitrogens with one attached hydrogen (secondary N) is 2. The van der Waals surface area contributed by atoms with E-state index in [1.165, 1.54) is 0 Å². The summed E-state index contributed by atoms with van der Waals surface area (Å²) < 4.78 is 28.1. The molecule has 0 bridgehead atoms. The molecule has 0 atom stereocenters. The number of aromatic nitrogens is 2. The van der Waals surface area contributed by atoms with Crippen LogP contribution in [0.3, 0.4) is 0 Å². The molecule has 1 aliphatic rings. The Bertz CT molecular complexity index is 504. The Morgan fingerprint density at radius 1 is 1.47 bits per heavy atom. The number of sulfonamides is 1. The summed E-state index contributed by atoms with van der Waals surface area (Å²) in [7, 11) is -3.27. The van der Waals surface area contributed by atoms with Crippen molar-refractivity contribution in [2.45, 2.75) is 32.7 Å². The van der Waals surface area contributed by atoms with Crippen LogP contribution >= 0.6 is 0 Å². The van der Waals surface area contributed by atoms with E-state index in [-0.39, 0.29) is 11.7 Å². The van der Waals surface area contributed by atoms with Gasteiger partial charge in [-0.05, 0) is 31.8 Å². The van der Waals surface area contributed by atoms with E-state index in [1.807, 2.05) is 18.5 Å². The molecule has 0 spiro atoms. The third kappa shape index (κ3) is 4.21. The van der Waals surface area contributed by atoms with E-state index < -0.39 is 10.0 Å². The average Bonchev–Trinajstić information content (AvgIpc) is 2.76. The first-order valence-corrected chi connectivity index (χ1v) is 8.37. The first-order chi connectivity index (χ1) is 8.96. The van der Waals surface area contributed by atoms with Crippen LogP contribution in [0.4, 0.5) is 5.69 Å². The van der Waals surface area contributed by atoms with Crippen LogP contribution in [-0.2, 0) is 10.0 Å². The third-order valence-electron chi connectivity index (χ3n) is 3.11. The van der Waals surface area contributed by atoms with Gasteiger partial charge in [0.1, 0.15) is 0 Å². The van der Waals surface area contributed by atoms with Crippen molar-refractivity contribution >= 4 is 15.7 Å². The highest BCUT2D eigenvalue weighted by atomic mass is 32.2. The molecule has 0 aliphatic carbocycles. The number of piperidine rings is 1. The highest BCUT2D eigenvalue weighted by molar-refractivity contribution is 7.92. The summed E-state index contributed by atoms with van der Waals surface area (Å²) in [6.07, 6.45) is 5.42. The van der Waals surface area contributed by atoms with Crippen LogP contribution in [0.2, 0.25) is 0 Å². The van der Waals surface area contributed by atoms with Crippen molar-refractivity contribution < 1.29 is 8.42 Å². The van der Waals surface area contributed by atoms with Crippen LogP contribution in [0.15, 0.2) is 12.4 Å². The van der Waals surface area contributed by atoms with Crippen molar-refractivity contribution in [1.82, 2.24) is 15.1 Å². The zero-order chi connectivity index (χ0) is 13.9. The van der Waals surface area contributed by atoms with Crippen molar-refractivity contribution in [3.8, 4) is 0 Å². The van der Waals surface area contributed by atoms with Gasteiger partial charge >= 0.3 is 0 Å². The predicted octanol–water partition coefficient (Wildman–Crippen LogP) is 1.21. The van der Waals surface area contributed by atoms with Gasteiger partial charge in [0, 0.05) is 6.20 Å². The van der Waals surface area contributed by atoms with Crippen LogP contribution in [-0.4, -0.2) is 37.0 Å². The largest absolute Gasteiger partial charge is 0.317 e. The lowest BCUT2D eigenvalue weighted by molar-refractivity contribution is 0.343. The Hall–Kier alpha value is -1.08. The van der Waals surface area contributed by atoms with Crippen LogP contribution in [0.5, 0.6) is 0 Å². The summed E-state index contributed by atoms with van der Waals surface area (Å²) in [5.74, 6) is 0.239. The first-order valence-electron chi connectivity index (χ1n) is 6.71. The standard InChI is InChI=1S/C12H22N4O2S/c1-10(2)9-19(17,18)15-11-7-14-16(8-11)12-3-5-13-6-4-12/h7-8,10,12-13,15H,3-6,9H2,1-2H3. The first kappa shape index (κ1) is 14.3. The molecule has 7 heteroatoms. The molecule has 2 N–H and O–H groups in total. The van der Waals surface area contributed by atoms with E-state index in [0.29, 0.717) is 11.7 Å². The highest BCUT2D eigenvalue weighted by Gasteiger charge is 2.18. The second-order valence-electron chi connectivity index (χ2n) is 5.47. The lowest BCUT2D eigenvalue weighted by atomic mass is 10.1. The number of nitrogens with zero attached hydrogens (tertiary/aromatic N) is 2. The van der Waals surface area contributed by atoms with E-state index >= 15 is 0 Å². The number of rotatable bonds is 5. The molecule has 1 fully saturated rings. The summed E-state index contributed by atoms with van der Waals surface area (Å²) >= 11 is 0. The Kier molecular flexibility index (Phi) is 4.46. The fraction of sp³-hybridized carbons (Fsp3) is 0.750. The van der Waals surface area contributed by atoms with E-state index in [4.69, 9.17) is 0 Å². The molecule has 0 amide bonds. The number of hydrogen-bond acceptors (Lipinski definition) is 4. The van der Waals surface area contributed by atoms with Gasteiger partial charge in [-0.1, -0.05) is 13.8 Å². The predicted molar refractivity (Wildman–Crippen MR) is 75.6 cm³/mol. The van der Waals surface area contributed by atoms with Gasteiger partial charge < -0.3 is 5.32 Å². The van der Waals surface area contributed by atoms with Crippen molar-refractivity contribution in [1.29, 1.82) is 0 Å². The molecule has 108 valence electrons. The van der Waals surface area contributed by atoms with Gasteiger partial charge in [-0.2, -0.15) is 5.10 Å². The molecular weight excluding hydrogens is 264 g/mol. The van der Waals surface area contributed by atoms with Gasteiger partial charge in [0.15, 0.2) is 0 Å². The SMILES string of the molecule is CC(C)CS(=O)(=O)Nc1cnn(C2CCNCC2)c1. The minimum Gasteiger partial charge on any atom is -0.317 e. The maximum Gasteiger partial charge on any atom is 0.233 e. The Morgan fingerprint density at radius 3 is 2.79 bits per heavy atom. The molecule has 1 aromatic heterocycles. The molecule has 1 saturated heterocycles. The molecule has 1 aromatic rings. The van der Waals surface area contributed by atoms with Crippen LogP contribution in [0, 0.1) is 5.92 Å². The van der Waals surface area contributed by atoms with Gasteiger partial charge in [-0.3, -0.25) is 9.40 Å². The topological polar surface area (TPSA) is 76.0 Å². The molecular formula is C12H22N4O2S. The van der Waals surface area contributed by atoms with Crippen molar-refractivity contribution in [3.63, 3.8) is 0 Å². The van der Waals surface area contributed by atoms with Gasteiger partial charge in [-0.25, -0.2) is 8.42 Å². The molecule has 2 rings (SSSR count). The number of hydrogen-bond donors (Lipinski definition) is 2. The third-order valence-corrected chi connectivity index (χ3v) is 4.76. The van der Waals surface area contributed by atoms with Gasteiger partial charge in [0.05, 0.1) is 23.7 Å². The van der Waals surface area contributed by atoms with Gasteiger partial charge in [0.2, 0.25) is 10.0 Å².